The maximum Gasteiger partial charge on any atom is 0.290 e. The summed E-state index contributed by atoms with van der Waals surface area (Å²) in [5.41, 5.74) is -0.625. The van der Waals surface area contributed by atoms with E-state index in [1.807, 2.05) is 7.05 Å². The minimum atomic E-state index is -3.33. The molecule has 0 aliphatic carbocycles. The molecule has 0 unspecified atom stereocenters. The van der Waals surface area contributed by atoms with Crippen LogP contribution < -0.4 is 5.32 Å². The van der Waals surface area contributed by atoms with Crippen LogP contribution in [-0.4, -0.2) is 95.1 Å². The number of nitrogens with zero attached hydrogens (tertiary/aromatic N) is 5. The number of aryl methyl sites for hydroxylation is 1. The zero-order valence-electron chi connectivity index (χ0n) is 17.6. The standard InChI is InChI=1S/C17H30N6O3S.CH2O2/c1-3-27(25,26)23-11-4-6-17(7-12-21(2)14-15(17)23)16(24)18-8-5-10-22-13-9-19-20-22;2-1-3/h9,13,15H,3-8,10-12,14H2,1-2H3,(H,18,24);1H,(H,2,3)/t15-,17+;/m0./s1. The van der Waals surface area contributed by atoms with Crippen molar-refractivity contribution in [1.29, 1.82) is 0 Å². The molecule has 30 heavy (non-hydrogen) atoms. The van der Waals surface area contributed by atoms with Gasteiger partial charge < -0.3 is 15.3 Å². The molecule has 170 valence electrons. The summed E-state index contributed by atoms with van der Waals surface area (Å²) in [6.45, 7) is 4.58. The van der Waals surface area contributed by atoms with Crippen LogP contribution in [-0.2, 0) is 26.2 Å². The first-order valence-electron chi connectivity index (χ1n) is 10.2. The van der Waals surface area contributed by atoms with Crippen molar-refractivity contribution < 1.29 is 23.1 Å². The van der Waals surface area contributed by atoms with Crippen LogP contribution in [0.4, 0.5) is 0 Å². The average molecular weight is 445 g/mol. The number of aromatic nitrogens is 3. The number of likely N-dealkylation sites (tertiary alicyclic amines) is 1. The van der Waals surface area contributed by atoms with Gasteiger partial charge in [0, 0.05) is 32.4 Å². The molecular weight excluding hydrogens is 412 g/mol. The van der Waals surface area contributed by atoms with Gasteiger partial charge in [0.25, 0.3) is 6.47 Å². The Kier molecular flexibility index (Phi) is 8.74. The number of carbonyl (C=O) groups is 2. The summed E-state index contributed by atoms with van der Waals surface area (Å²) < 4.78 is 28.6. The molecule has 0 radical (unpaired) electrons. The Morgan fingerprint density at radius 3 is 2.73 bits per heavy atom. The zero-order chi connectivity index (χ0) is 22.2. The molecule has 0 bridgehead atoms. The van der Waals surface area contributed by atoms with Crippen LogP contribution >= 0.6 is 0 Å². The normalized spacial score (nSPS) is 24.9. The Morgan fingerprint density at radius 1 is 1.37 bits per heavy atom. The number of rotatable bonds is 7. The summed E-state index contributed by atoms with van der Waals surface area (Å²) >= 11 is 0. The second-order valence-electron chi connectivity index (χ2n) is 7.68. The van der Waals surface area contributed by atoms with Gasteiger partial charge in [0.2, 0.25) is 15.9 Å². The molecule has 0 saturated carbocycles. The van der Waals surface area contributed by atoms with Crippen molar-refractivity contribution in [3.05, 3.63) is 12.4 Å². The summed E-state index contributed by atoms with van der Waals surface area (Å²) in [5.74, 6) is 0.0678. The van der Waals surface area contributed by atoms with Gasteiger partial charge >= 0.3 is 0 Å². The Bertz CT molecular complexity index is 787. The Hall–Kier alpha value is -2.05. The van der Waals surface area contributed by atoms with Crippen LogP contribution in [0.25, 0.3) is 0 Å². The van der Waals surface area contributed by atoms with Crippen molar-refractivity contribution in [1.82, 2.24) is 29.5 Å². The minimum absolute atomic E-state index is 0.00445. The lowest BCUT2D eigenvalue weighted by atomic mass is 9.68. The van der Waals surface area contributed by atoms with Gasteiger partial charge in [-0.05, 0) is 46.2 Å². The maximum atomic E-state index is 13.2. The van der Waals surface area contributed by atoms with Gasteiger partial charge in [0.15, 0.2) is 0 Å². The van der Waals surface area contributed by atoms with Crippen LogP contribution in [0, 0.1) is 5.41 Å². The van der Waals surface area contributed by atoms with E-state index in [0.29, 0.717) is 32.6 Å². The summed E-state index contributed by atoms with van der Waals surface area (Å²) in [6, 6.07) is -0.287. The highest BCUT2D eigenvalue weighted by atomic mass is 32.2. The molecule has 2 saturated heterocycles. The van der Waals surface area contributed by atoms with Crippen LogP contribution in [0.15, 0.2) is 12.4 Å². The number of carboxylic acid groups (broad SMARTS) is 1. The molecule has 3 rings (SSSR count). The van der Waals surface area contributed by atoms with Crippen LogP contribution in [0.3, 0.4) is 0 Å². The van der Waals surface area contributed by atoms with Gasteiger partial charge in [0.1, 0.15) is 0 Å². The molecular formula is C18H32N6O5S. The molecule has 3 heterocycles. The first kappa shape index (κ1) is 24.2. The third-order valence-corrected chi connectivity index (χ3v) is 7.79. The van der Waals surface area contributed by atoms with E-state index >= 15 is 0 Å². The number of nitrogens with one attached hydrogen (secondary N) is 1. The number of hydrogen-bond donors (Lipinski definition) is 2. The van der Waals surface area contributed by atoms with E-state index in [1.165, 1.54) is 0 Å². The number of fused-ring (bicyclic) bond motifs is 1. The summed E-state index contributed by atoms with van der Waals surface area (Å²) in [7, 11) is -1.34. The van der Waals surface area contributed by atoms with Gasteiger partial charge in [0.05, 0.1) is 23.4 Å². The highest BCUT2D eigenvalue weighted by molar-refractivity contribution is 7.89. The van der Waals surface area contributed by atoms with E-state index in [1.54, 1.807) is 28.3 Å². The van der Waals surface area contributed by atoms with Crippen molar-refractivity contribution in [3.8, 4) is 0 Å². The molecule has 0 spiro atoms. The van der Waals surface area contributed by atoms with E-state index < -0.39 is 15.4 Å². The molecule has 2 aliphatic rings. The van der Waals surface area contributed by atoms with Crippen molar-refractivity contribution in [3.63, 3.8) is 0 Å². The van der Waals surface area contributed by atoms with E-state index in [0.717, 1.165) is 25.8 Å². The number of hydrogen-bond acceptors (Lipinski definition) is 7. The zero-order valence-corrected chi connectivity index (χ0v) is 18.4. The van der Waals surface area contributed by atoms with E-state index in [4.69, 9.17) is 9.90 Å². The first-order chi connectivity index (χ1) is 14.3. The van der Waals surface area contributed by atoms with Gasteiger partial charge in [-0.2, -0.15) is 4.31 Å². The van der Waals surface area contributed by atoms with Gasteiger partial charge in [-0.1, -0.05) is 5.21 Å². The highest BCUT2D eigenvalue weighted by Gasteiger charge is 2.54. The van der Waals surface area contributed by atoms with Crippen molar-refractivity contribution >= 4 is 22.4 Å². The fourth-order valence-corrected chi connectivity index (χ4v) is 5.73. The highest BCUT2D eigenvalue weighted by Crippen LogP contribution is 2.43. The van der Waals surface area contributed by atoms with E-state index in [9.17, 15) is 13.2 Å². The molecule has 1 aromatic rings. The second kappa shape index (κ2) is 10.8. The minimum Gasteiger partial charge on any atom is -0.483 e. The average Bonchev–Trinajstić information content (AvgIpc) is 3.24. The maximum absolute atomic E-state index is 13.2. The number of piperidine rings is 2. The lowest BCUT2D eigenvalue weighted by Gasteiger charge is -2.52. The molecule has 0 aromatic carbocycles. The fourth-order valence-electron chi connectivity index (χ4n) is 4.33. The first-order valence-corrected chi connectivity index (χ1v) is 11.8. The van der Waals surface area contributed by atoms with E-state index in [-0.39, 0.29) is 24.2 Å². The predicted octanol–water partition coefficient (Wildman–Crippen LogP) is -0.379. The number of sulfonamides is 1. The van der Waals surface area contributed by atoms with E-state index in [2.05, 4.69) is 20.5 Å². The van der Waals surface area contributed by atoms with Crippen molar-refractivity contribution in [2.24, 2.45) is 5.41 Å². The summed E-state index contributed by atoms with van der Waals surface area (Å²) in [5, 5.41) is 17.6. The SMILES string of the molecule is CCS(=O)(=O)N1CCC[C@@]2(C(=O)NCCCn3ccnn3)CCN(C)C[C@H]12.O=CO. The Balaban J connectivity index is 0.00000101. The molecule has 2 aliphatic heterocycles. The summed E-state index contributed by atoms with van der Waals surface area (Å²) in [6.07, 6.45) is 6.35. The topological polar surface area (TPSA) is 138 Å². The van der Waals surface area contributed by atoms with Crippen molar-refractivity contribution in [2.75, 3.05) is 39.0 Å². The van der Waals surface area contributed by atoms with Gasteiger partial charge in [-0.25, -0.2) is 8.42 Å². The monoisotopic (exact) mass is 444 g/mol. The molecule has 2 fully saturated rings. The van der Waals surface area contributed by atoms with Gasteiger partial charge in [-0.15, -0.1) is 5.10 Å². The lowest BCUT2D eigenvalue weighted by molar-refractivity contribution is -0.141. The number of carbonyl (C=O) groups excluding carboxylic acids is 1. The Labute approximate surface area is 177 Å². The Morgan fingerprint density at radius 2 is 2.10 bits per heavy atom. The van der Waals surface area contributed by atoms with Crippen molar-refractivity contribution in [2.45, 2.75) is 45.2 Å². The van der Waals surface area contributed by atoms with Crippen LogP contribution in [0.5, 0.6) is 0 Å². The van der Waals surface area contributed by atoms with Gasteiger partial charge in [-0.3, -0.25) is 14.3 Å². The fraction of sp³-hybridized carbons (Fsp3) is 0.778. The molecule has 2 atom stereocenters. The third kappa shape index (κ3) is 5.55. The molecule has 1 amide bonds. The number of likely N-dealkylation sites (N-methyl/N-ethyl adjacent to an activating group) is 1. The molecule has 12 heteroatoms. The molecule has 11 nitrogen and oxygen atoms in total. The largest absolute Gasteiger partial charge is 0.483 e. The predicted molar refractivity (Wildman–Crippen MR) is 110 cm³/mol. The number of amides is 1. The smallest absolute Gasteiger partial charge is 0.290 e. The quantitative estimate of drug-likeness (QED) is 0.429. The van der Waals surface area contributed by atoms with Crippen LogP contribution in [0.2, 0.25) is 0 Å². The lowest BCUT2D eigenvalue weighted by Crippen LogP contribution is -2.66. The summed E-state index contributed by atoms with van der Waals surface area (Å²) in [4.78, 5) is 23.7. The second-order valence-corrected chi connectivity index (χ2v) is 9.89. The molecule has 2 N–H and O–H groups in total. The third-order valence-electron chi connectivity index (χ3n) is 5.91. The van der Waals surface area contributed by atoms with Crippen LogP contribution in [0.1, 0.15) is 32.6 Å². The molecule has 1 aromatic heterocycles.